The minimum atomic E-state index is -3.42. The van der Waals surface area contributed by atoms with Gasteiger partial charge in [-0.1, -0.05) is 58.9 Å². The third kappa shape index (κ3) is 11.2. The van der Waals surface area contributed by atoms with Crippen molar-refractivity contribution >= 4 is 39.9 Å². The van der Waals surface area contributed by atoms with Gasteiger partial charge in [-0.05, 0) is 73.6 Å². The molecule has 11 nitrogen and oxygen atoms in total. The van der Waals surface area contributed by atoms with E-state index < -0.39 is 57.3 Å². The summed E-state index contributed by atoms with van der Waals surface area (Å²) in [5.74, 6) is -1.36. The Hall–Kier alpha value is -4.65. The lowest BCUT2D eigenvalue weighted by Gasteiger charge is -2.25. The first kappa shape index (κ1) is 38.8. The molecule has 1 aromatic heterocycles. The van der Waals surface area contributed by atoms with Crippen LogP contribution >= 0.6 is 0 Å². The zero-order valence-corrected chi connectivity index (χ0v) is 30.5. The van der Waals surface area contributed by atoms with E-state index in [1.165, 1.54) is 0 Å². The molecule has 3 rings (SSSR count). The Balaban J connectivity index is 2.00. The molecule has 0 saturated heterocycles. The Bertz CT molecular complexity index is 1870. The summed E-state index contributed by atoms with van der Waals surface area (Å²) in [6.45, 7) is 13.8. The molecule has 0 radical (unpaired) electrons. The number of aromatic nitrogens is 1. The van der Waals surface area contributed by atoms with Crippen LogP contribution in [0.3, 0.4) is 0 Å². The van der Waals surface area contributed by atoms with Crippen LogP contribution < -0.4 is 20.3 Å². The summed E-state index contributed by atoms with van der Waals surface area (Å²) >= 11 is 0. The summed E-state index contributed by atoms with van der Waals surface area (Å²) in [5.41, 5.74) is 1.15. The van der Waals surface area contributed by atoms with Crippen LogP contribution in [-0.4, -0.2) is 50.1 Å². The largest absolute Gasteiger partial charge is 0.496 e. The summed E-state index contributed by atoms with van der Waals surface area (Å²) in [4.78, 5) is 39.0. The second kappa shape index (κ2) is 15.3. The predicted molar refractivity (Wildman–Crippen MR) is 189 cm³/mol. The lowest BCUT2D eigenvalue weighted by atomic mass is 9.83. The number of esters is 1. The molecular weight excluding hydrogens is 653 g/mol. The van der Waals surface area contributed by atoms with Gasteiger partial charge in [0, 0.05) is 23.0 Å². The van der Waals surface area contributed by atoms with E-state index in [-0.39, 0.29) is 11.5 Å². The number of methoxy groups -OCH3 is 1. The maximum absolute atomic E-state index is 15.1. The van der Waals surface area contributed by atoms with Gasteiger partial charge in [0.05, 0.1) is 18.9 Å². The van der Waals surface area contributed by atoms with E-state index in [0.717, 1.165) is 34.2 Å². The molecule has 3 aromatic rings. The van der Waals surface area contributed by atoms with Crippen LogP contribution in [0.4, 0.5) is 14.9 Å². The standard InChI is InChI=1S/C36H46FN3O8S/c1-22(2)30(38-34(43)48-36(6,7)8)33(42)47-21-40-20-26(37)19-28(32(40)41)25-17-24(31(46-9)29(18-25)35(3,4)5)14-11-23-12-15-27(16-13-23)39-49(10,44)45/h11-20,22,30,39H,21H2,1-10H3,(H,38,43)/t30-/m0/s1. The Morgan fingerprint density at radius 2 is 1.63 bits per heavy atom. The highest BCUT2D eigenvalue weighted by Gasteiger charge is 2.29. The first-order valence-electron chi connectivity index (χ1n) is 15.6. The van der Waals surface area contributed by atoms with E-state index in [2.05, 4.69) is 10.0 Å². The molecule has 2 aromatic carbocycles. The number of hydrogen-bond acceptors (Lipinski definition) is 8. The van der Waals surface area contributed by atoms with Crippen LogP contribution in [0.1, 0.15) is 72.1 Å². The van der Waals surface area contributed by atoms with Gasteiger partial charge in [0.1, 0.15) is 23.2 Å². The molecule has 0 aliphatic carbocycles. The molecule has 0 unspecified atom stereocenters. The van der Waals surface area contributed by atoms with Crippen molar-refractivity contribution in [2.45, 2.75) is 79.2 Å². The molecule has 49 heavy (non-hydrogen) atoms. The second-order valence-corrected chi connectivity index (χ2v) is 15.8. The number of nitrogens with zero attached hydrogens (tertiary/aromatic N) is 1. The minimum Gasteiger partial charge on any atom is -0.496 e. The van der Waals surface area contributed by atoms with Crippen LogP contribution in [0.5, 0.6) is 5.75 Å². The van der Waals surface area contributed by atoms with Gasteiger partial charge in [0.25, 0.3) is 5.56 Å². The van der Waals surface area contributed by atoms with Crippen LogP contribution in [0, 0.1) is 11.7 Å². The smallest absolute Gasteiger partial charge is 0.408 e. The van der Waals surface area contributed by atoms with Gasteiger partial charge in [0.15, 0.2) is 6.73 Å². The van der Waals surface area contributed by atoms with Gasteiger partial charge < -0.3 is 19.5 Å². The SMILES string of the molecule is COc1c(C=Cc2ccc(NS(C)(=O)=O)cc2)cc(-c2cc(F)cn(COC(=O)[C@@H](NC(=O)OC(C)(C)C)C(C)C)c2=O)cc1C(C)(C)C. The number of benzene rings is 2. The summed E-state index contributed by atoms with van der Waals surface area (Å²) in [6.07, 6.45) is 4.81. The van der Waals surface area contributed by atoms with Crippen molar-refractivity contribution in [2.24, 2.45) is 5.92 Å². The molecule has 1 atom stereocenters. The first-order chi connectivity index (χ1) is 22.6. The third-order valence-electron chi connectivity index (χ3n) is 7.10. The topological polar surface area (TPSA) is 142 Å². The number of anilines is 1. The zero-order valence-electron chi connectivity index (χ0n) is 29.6. The number of carbonyl (C=O) groups excluding carboxylic acids is 2. The Morgan fingerprint density at radius 1 is 1.00 bits per heavy atom. The highest BCUT2D eigenvalue weighted by molar-refractivity contribution is 7.92. The Kier molecular flexibility index (Phi) is 12.1. The van der Waals surface area contributed by atoms with Crippen LogP contribution in [-0.2, 0) is 36.4 Å². The quantitative estimate of drug-likeness (QED) is 0.170. The molecule has 0 aliphatic heterocycles. The monoisotopic (exact) mass is 699 g/mol. The Labute approximate surface area is 287 Å². The number of alkyl carbamates (subject to hydrolysis) is 1. The van der Waals surface area contributed by atoms with Gasteiger partial charge in [-0.2, -0.15) is 0 Å². The van der Waals surface area contributed by atoms with Crippen molar-refractivity contribution < 1.29 is 36.6 Å². The van der Waals surface area contributed by atoms with Crippen molar-refractivity contribution in [3.05, 3.63) is 81.5 Å². The average molecular weight is 700 g/mol. The highest BCUT2D eigenvalue weighted by atomic mass is 32.2. The summed E-state index contributed by atoms with van der Waals surface area (Å²) in [5, 5.41) is 2.50. The van der Waals surface area contributed by atoms with Crippen LogP contribution in [0.2, 0.25) is 0 Å². The molecule has 1 heterocycles. The summed E-state index contributed by atoms with van der Waals surface area (Å²) < 4.78 is 58.0. The van der Waals surface area contributed by atoms with Gasteiger partial charge in [-0.15, -0.1) is 0 Å². The fraction of sp³-hybridized carbons (Fsp3) is 0.417. The van der Waals surface area contributed by atoms with E-state index >= 15 is 4.39 Å². The van der Waals surface area contributed by atoms with Gasteiger partial charge in [0.2, 0.25) is 10.0 Å². The fourth-order valence-electron chi connectivity index (χ4n) is 4.83. The van der Waals surface area contributed by atoms with E-state index in [9.17, 15) is 22.8 Å². The third-order valence-corrected chi connectivity index (χ3v) is 7.71. The number of nitrogens with one attached hydrogen (secondary N) is 2. The van der Waals surface area contributed by atoms with Crippen molar-refractivity contribution in [3.63, 3.8) is 0 Å². The Morgan fingerprint density at radius 3 is 2.16 bits per heavy atom. The van der Waals surface area contributed by atoms with E-state index in [4.69, 9.17) is 14.2 Å². The molecule has 13 heteroatoms. The van der Waals surface area contributed by atoms with Crippen molar-refractivity contribution in [1.29, 1.82) is 0 Å². The van der Waals surface area contributed by atoms with Crippen molar-refractivity contribution in [1.82, 2.24) is 9.88 Å². The molecule has 0 spiro atoms. The summed E-state index contributed by atoms with van der Waals surface area (Å²) in [7, 11) is -1.88. The molecule has 0 aliphatic rings. The second-order valence-electron chi connectivity index (χ2n) is 14.0. The zero-order chi connectivity index (χ0) is 36.9. The number of pyridine rings is 1. The number of halogens is 1. The summed E-state index contributed by atoms with van der Waals surface area (Å²) in [6, 6.07) is 10.3. The molecule has 2 N–H and O–H groups in total. The fourth-order valence-corrected chi connectivity index (χ4v) is 5.40. The number of sulfonamides is 1. The van der Waals surface area contributed by atoms with E-state index in [0.29, 0.717) is 22.6 Å². The van der Waals surface area contributed by atoms with Gasteiger partial charge in [-0.25, -0.2) is 22.4 Å². The van der Waals surface area contributed by atoms with E-state index in [1.54, 1.807) is 90.3 Å². The first-order valence-corrected chi connectivity index (χ1v) is 17.5. The molecule has 0 bridgehead atoms. The highest BCUT2D eigenvalue weighted by Crippen LogP contribution is 2.38. The molecule has 0 fully saturated rings. The molecule has 1 amide bonds. The number of carbonyl (C=O) groups is 2. The minimum absolute atomic E-state index is 0.0299. The predicted octanol–water partition coefficient (Wildman–Crippen LogP) is 6.55. The van der Waals surface area contributed by atoms with Gasteiger partial charge >= 0.3 is 12.1 Å². The number of hydrogen-bond donors (Lipinski definition) is 2. The number of ether oxygens (including phenoxy) is 3. The molecular formula is C36H46FN3O8S. The lowest BCUT2D eigenvalue weighted by molar-refractivity contribution is -0.151. The van der Waals surface area contributed by atoms with E-state index in [1.807, 2.05) is 20.8 Å². The van der Waals surface area contributed by atoms with Crippen molar-refractivity contribution in [2.75, 3.05) is 18.1 Å². The lowest BCUT2D eigenvalue weighted by Crippen LogP contribution is -2.47. The molecule has 0 saturated carbocycles. The van der Waals surface area contributed by atoms with Gasteiger partial charge in [-0.3, -0.25) is 14.1 Å². The maximum atomic E-state index is 15.1. The van der Waals surface area contributed by atoms with Crippen LogP contribution in [0.25, 0.3) is 23.3 Å². The van der Waals surface area contributed by atoms with Crippen LogP contribution in [0.15, 0.2) is 53.5 Å². The normalized spacial score (nSPS) is 12.9. The average Bonchev–Trinajstić information content (AvgIpc) is 2.96. The number of rotatable bonds is 11. The van der Waals surface area contributed by atoms with Crippen molar-refractivity contribution in [3.8, 4) is 16.9 Å². The maximum Gasteiger partial charge on any atom is 0.408 e. The number of amides is 1. The molecule has 266 valence electrons.